The fraction of sp³-hybridized carbons (Fsp3) is 0.211. The number of carbonyl (C=O) groups is 1. The molecule has 1 atom stereocenters. The summed E-state index contributed by atoms with van der Waals surface area (Å²) in [6, 6.07) is 28.9. The van der Waals surface area contributed by atoms with E-state index in [4.69, 9.17) is 14.5 Å². The van der Waals surface area contributed by atoms with Crippen LogP contribution in [0.5, 0.6) is 11.5 Å². The molecule has 6 rings (SSSR count). The van der Waals surface area contributed by atoms with Crippen molar-refractivity contribution in [2.24, 2.45) is 0 Å². The lowest BCUT2D eigenvalue weighted by Gasteiger charge is -2.28. The first-order valence-corrected chi connectivity index (χ1v) is 16.6. The van der Waals surface area contributed by atoms with Gasteiger partial charge in [0, 0.05) is 36.4 Å². The smallest absolute Gasteiger partial charge is 0.254 e. The van der Waals surface area contributed by atoms with Crippen LogP contribution < -0.4 is 14.4 Å². The number of rotatable bonds is 12. The lowest BCUT2D eigenvalue weighted by atomic mass is 10.1. The van der Waals surface area contributed by atoms with E-state index in [1.807, 2.05) is 61.5 Å². The minimum atomic E-state index is -0.415. The number of methoxy groups -OCH3 is 2. The number of hydrogen-bond donors (Lipinski definition) is 0. The van der Waals surface area contributed by atoms with Gasteiger partial charge in [-0.1, -0.05) is 24.3 Å². The van der Waals surface area contributed by atoms with Crippen LogP contribution in [0.15, 0.2) is 108 Å². The maximum absolute atomic E-state index is 14.2. The summed E-state index contributed by atoms with van der Waals surface area (Å²) >= 11 is 3.34. The molecule has 0 unspecified atom stereocenters. The molecule has 10 nitrogen and oxygen atoms in total. The van der Waals surface area contributed by atoms with Crippen molar-refractivity contribution >= 4 is 38.6 Å². The number of anilines is 1. The van der Waals surface area contributed by atoms with E-state index in [-0.39, 0.29) is 12.5 Å². The second-order valence-corrected chi connectivity index (χ2v) is 12.5. The highest BCUT2D eigenvalue weighted by molar-refractivity contribution is 9.10. The zero-order chi connectivity index (χ0) is 34.3. The van der Waals surface area contributed by atoms with Gasteiger partial charge in [0.25, 0.3) is 5.91 Å². The van der Waals surface area contributed by atoms with Gasteiger partial charge in [-0.3, -0.25) is 4.79 Å². The van der Waals surface area contributed by atoms with Crippen LogP contribution in [0.2, 0.25) is 0 Å². The Bertz CT molecular complexity index is 1980. The zero-order valence-corrected chi connectivity index (χ0v) is 29.3. The van der Waals surface area contributed by atoms with Gasteiger partial charge in [-0.05, 0) is 113 Å². The topological polar surface area (TPSA) is 106 Å². The molecule has 11 heteroatoms. The van der Waals surface area contributed by atoms with Crippen molar-refractivity contribution < 1.29 is 14.3 Å². The molecule has 248 valence electrons. The second-order valence-electron chi connectivity index (χ2n) is 11.7. The number of hydrogen-bond acceptors (Lipinski definition) is 9. The summed E-state index contributed by atoms with van der Waals surface area (Å²) in [5.74, 6) is 2.85. The molecule has 0 aliphatic heterocycles. The number of ether oxygens (including phenoxy) is 2. The minimum absolute atomic E-state index is 0.172. The van der Waals surface area contributed by atoms with Crippen LogP contribution in [0.25, 0.3) is 10.9 Å². The van der Waals surface area contributed by atoms with Gasteiger partial charge in [0.1, 0.15) is 27.7 Å². The number of halogens is 1. The van der Waals surface area contributed by atoms with Gasteiger partial charge >= 0.3 is 0 Å². The maximum Gasteiger partial charge on any atom is 0.254 e. The van der Waals surface area contributed by atoms with Crippen molar-refractivity contribution in [3.05, 3.63) is 142 Å². The van der Waals surface area contributed by atoms with E-state index in [1.54, 1.807) is 37.6 Å². The quantitative estimate of drug-likeness (QED) is 0.127. The van der Waals surface area contributed by atoms with Gasteiger partial charge in [-0.25, -0.2) is 15.0 Å². The monoisotopic (exact) mass is 717 g/mol. The van der Waals surface area contributed by atoms with Crippen LogP contribution in [0.1, 0.15) is 51.5 Å². The fourth-order valence-corrected chi connectivity index (χ4v) is 5.86. The Morgan fingerprint density at radius 3 is 2.00 bits per heavy atom. The summed E-state index contributed by atoms with van der Waals surface area (Å²) in [6.45, 7) is 5.48. The van der Waals surface area contributed by atoms with E-state index >= 15 is 0 Å². The largest absolute Gasteiger partial charge is 0.497 e. The van der Waals surface area contributed by atoms with E-state index in [9.17, 15) is 4.79 Å². The molecular weight excluding hydrogens is 682 g/mol. The average molecular weight is 719 g/mol. The minimum Gasteiger partial charge on any atom is -0.497 e. The number of benzene rings is 3. The van der Waals surface area contributed by atoms with Crippen LogP contribution in [0.4, 0.5) is 5.82 Å². The maximum atomic E-state index is 14.2. The molecule has 0 saturated carbocycles. The lowest BCUT2D eigenvalue weighted by molar-refractivity contribution is 0.0663. The highest BCUT2D eigenvalue weighted by Crippen LogP contribution is 2.29. The van der Waals surface area contributed by atoms with Crippen molar-refractivity contribution in [2.75, 3.05) is 19.1 Å². The summed E-state index contributed by atoms with van der Waals surface area (Å²) in [5, 5.41) is 9.26. The lowest BCUT2D eigenvalue weighted by Crippen LogP contribution is -2.34. The molecule has 0 spiro atoms. The summed E-state index contributed by atoms with van der Waals surface area (Å²) in [5.41, 5.74) is 5.22. The molecule has 3 heterocycles. The zero-order valence-electron chi connectivity index (χ0n) is 27.7. The Morgan fingerprint density at radius 1 is 0.796 bits per heavy atom. The number of aryl methyl sites for hydroxylation is 1. The third-order valence-electron chi connectivity index (χ3n) is 8.30. The van der Waals surface area contributed by atoms with Crippen molar-refractivity contribution in [3.63, 3.8) is 0 Å². The van der Waals surface area contributed by atoms with Crippen LogP contribution >= 0.6 is 15.9 Å². The molecule has 3 aromatic carbocycles. The molecular formula is C38H36BrN7O3. The summed E-state index contributed by atoms with van der Waals surface area (Å²) in [4.78, 5) is 32.2. The Morgan fingerprint density at radius 2 is 1.43 bits per heavy atom. The first-order chi connectivity index (χ1) is 23.8. The van der Waals surface area contributed by atoms with Gasteiger partial charge in [-0.15, -0.1) is 5.10 Å². The SMILES string of the molecule is COc1ccc(CN(Cc2ccc(OC)cc2)c2nc3ccc(C(=O)N(Cc4ccc(Br)nn4)[C@H](C)c4ncccn4)cc3cc2C)cc1. The second kappa shape index (κ2) is 15.2. The number of pyridine rings is 1. The number of nitrogens with zero attached hydrogens (tertiary/aromatic N) is 7. The molecule has 6 aromatic rings. The number of carbonyl (C=O) groups excluding carboxylic acids is 1. The van der Waals surface area contributed by atoms with Crippen molar-refractivity contribution in [2.45, 2.75) is 39.5 Å². The molecule has 0 fully saturated rings. The highest BCUT2D eigenvalue weighted by Gasteiger charge is 2.26. The van der Waals surface area contributed by atoms with Crippen molar-refractivity contribution in [1.29, 1.82) is 0 Å². The Labute approximate surface area is 293 Å². The van der Waals surface area contributed by atoms with Gasteiger partial charge < -0.3 is 19.3 Å². The molecule has 0 saturated heterocycles. The van der Waals surface area contributed by atoms with Gasteiger partial charge in [-0.2, -0.15) is 5.10 Å². The third-order valence-corrected chi connectivity index (χ3v) is 8.72. The standard InChI is InChI=1S/C38H36BrN7O3/c1-25-20-30-21-29(38(47)46(24-31-11-17-35(39)44-43-31)26(2)36-40-18-5-19-41-36)10-16-34(30)42-37(25)45(22-27-6-12-32(48-3)13-7-27)23-28-8-14-33(49-4)15-9-28/h5-21,26H,22-24H2,1-4H3/t26-/m1/s1. The number of amides is 1. The Kier molecular flexibility index (Phi) is 10.4. The van der Waals surface area contributed by atoms with Crippen LogP contribution in [0, 0.1) is 6.92 Å². The number of aromatic nitrogens is 5. The molecule has 0 aliphatic rings. The molecule has 0 N–H and O–H groups in total. The van der Waals surface area contributed by atoms with E-state index in [0.29, 0.717) is 34.8 Å². The summed E-state index contributed by atoms with van der Waals surface area (Å²) in [7, 11) is 3.33. The highest BCUT2D eigenvalue weighted by atomic mass is 79.9. The van der Waals surface area contributed by atoms with Gasteiger partial charge in [0.15, 0.2) is 0 Å². The Hall–Kier alpha value is -5.42. The third kappa shape index (κ3) is 8.01. The molecule has 1 amide bonds. The number of fused-ring (bicyclic) bond motifs is 1. The average Bonchev–Trinajstić information content (AvgIpc) is 3.14. The molecule has 0 aliphatic carbocycles. The van der Waals surface area contributed by atoms with Crippen molar-refractivity contribution in [3.8, 4) is 11.5 Å². The fourth-order valence-electron chi connectivity index (χ4n) is 5.65. The molecule has 49 heavy (non-hydrogen) atoms. The van der Waals surface area contributed by atoms with E-state index in [2.05, 4.69) is 78.3 Å². The van der Waals surface area contributed by atoms with Crippen LogP contribution in [0.3, 0.4) is 0 Å². The van der Waals surface area contributed by atoms with Crippen LogP contribution in [-0.2, 0) is 19.6 Å². The summed E-state index contributed by atoms with van der Waals surface area (Å²) < 4.78 is 11.4. The van der Waals surface area contributed by atoms with Gasteiger partial charge in [0.2, 0.25) is 0 Å². The Balaban J connectivity index is 1.33. The van der Waals surface area contributed by atoms with E-state index < -0.39 is 6.04 Å². The van der Waals surface area contributed by atoms with E-state index in [0.717, 1.165) is 44.9 Å². The van der Waals surface area contributed by atoms with Crippen LogP contribution in [-0.4, -0.2) is 50.2 Å². The molecule has 0 radical (unpaired) electrons. The summed E-state index contributed by atoms with van der Waals surface area (Å²) in [6.07, 6.45) is 3.35. The molecule has 3 aromatic heterocycles. The predicted octanol–water partition coefficient (Wildman–Crippen LogP) is 7.51. The first-order valence-electron chi connectivity index (χ1n) is 15.8. The molecule has 0 bridgehead atoms. The van der Waals surface area contributed by atoms with E-state index in [1.165, 1.54) is 0 Å². The van der Waals surface area contributed by atoms with Crippen molar-refractivity contribution in [1.82, 2.24) is 30.0 Å². The normalized spacial score (nSPS) is 11.6. The predicted molar refractivity (Wildman–Crippen MR) is 192 cm³/mol. The first kappa shape index (κ1) is 33.5. The van der Waals surface area contributed by atoms with Gasteiger partial charge in [0.05, 0.1) is 38.0 Å².